The fraction of sp³-hybridized carbons (Fsp3) is 0.238. The van der Waals surface area contributed by atoms with E-state index >= 15 is 0 Å². The molecule has 2 N–H and O–H groups in total. The van der Waals surface area contributed by atoms with Gasteiger partial charge in [-0.2, -0.15) is 0 Å². The van der Waals surface area contributed by atoms with Crippen molar-refractivity contribution in [2.75, 3.05) is 11.1 Å². The number of amides is 1. The first-order valence-electron chi connectivity index (χ1n) is 9.05. The third kappa shape index (κ3) is 4.14. The third-order valence-electron chi connectivity index (χ3n) is 4.74. The number of carbonyl (C=O) groups is 1. The SMILES string of the molecule is CCc1c(C)c2ccc(NC(=O)CCS(=O)(=O)c3ccccc3)cc2[nH]c1=O. The monoisotopic (exact) mass is 398 g/mol. The summed E-state index contributed by atoms with van der Waals surface area (Å²) in [6, 6.07) is 13.3. The number of hydrogen-bond acceptors (Lipinski definition) is 4. The number of carbonyl (C=O) groups excluding carboxylic acids is 1. The topological polar surface area (TPSA) is 96.1 Å². The lowest BCUT2D eigenvalue weighted by molar-refractivity contribution is -0.115. The molecule has 3 aromatic rings. The molecule has 0 atom stereocenters. The van der Waals surface area contributed by atoms with Crippen molar-refractivity contribution in [3.05, 3.63) is 70.0 Å². The third-order valence-corrected chi connectivity index (χ3v) is 6.47. The van der Waals surface area contributed by atoms with Crippen LogP contribution in [0.15, 0.2) is 58.2 Å². The van der Waals surface area contributed by atoms with Gasteiger partial charge in [0.05, 0.1) is 16.2 Å². The summed E-state index contributed by atoms with van der Waals surface area (Å²) in [5.41, 5.74) is 2.68. The van der Waals surface area contributed by atoms with E-state index in [1.165, 1.54) is 12.1 Å². The number of hydrogen-bond donors (Lipinski definition) is 2. The maximum absolute atomic E-state index is 12.3. The van der Waals surface area contributed by atoms with E-state index in [9.17, 15) is 18.0 Å². The Balaban J connectivity index is 1.74. The number of sulfone groups is 1. The Morgan fingerprint density at radius 2 is 1.82 bits per heavy atom. The second-order valence-electron chi connectivity index (χ2n) is 6.60. The van der Waals surface area contributed by atoms with Crippen molar-refractivity contribution < 1.29 is 13.2 Å². The van der Waals surface area contributed by atoms with Gasteiger partial charge in [-0.25, -0.2) is 8.42 Å². The molecule has 0 saturated carbocycles. The van der Waals surface area contributed by atoms with E-state index in [0.717, 1.165) is 16.5 Å². The average Bonchev–Trinajstić information content (AvgIpc) is 2.67. The number of rotatable bonds is 6. The van der Waals surface area contributed by atoms with Crippen LogP contribution >= 0.6 is 0 Å². The van der Waals surface area contributed by atoms with Crippen molar-refractivity contribution in [2.24, 2.45) is 0 Å². The van der Waals surface area contributed by atoms with Gasteiger partial charge in [0.15, 0.2) is 9.84 Å². The number of anilines is 1. The summed E-state index contributed by atoms with van der Waals surface area (Å²) in [5.74, 6) is -0.672. The van der Waals surface area contributed by atoms with Crippen molar-refractivity contribution in [2.45, 2.75) is 31.6 Å². The van der Waals surface area contributed by atoms with Crippen LogP contribution in [0, 0.1) is 6.92 Å². The quantitative estimate of drug-likeness (QED) is 0.666. The minimum atomic E-state index is -3.51. The Labute approximate surface area is 163 Å². The number of H-pyrrole nitrogens is 1. The lowest BCUT2D eigenvalue weighted by Gasteiger charge is -2.10. The largest absolute Gasteiger partial charge is 0.326 e. The van der Waals surface area contributed by atoms with Crippen LogP contribution in [0.2, 0.25) is 0 Å². The molecule has 0 unspecified atom stereocenters. The first-order chi connectivity index (χ1) is 13.3. The number of nitrogens with one attached hydrogen (secondary N) is 2. The molecule has 0 aliphatic heterocycles. The van der Waals surface area contributed by atoms with E-state index in [-0.39, 0.29) is 22.6 Å². The van der Waals surface area contributed by atoms with Crippen LogP contribution in [0.3, 0.4) is 0 Å². The summed E-state index contributed by atoms with van der Waals surface area (Å²) in [6.45, 7) is 3.84. The van der Waals surface area contributed by atoms with Crippen molar-refractivity contribution in [1.82, 2.24) is 4.98 Å². The number of pyridine rings is 1. The van der Waals surface area contributed by atoms with Gasteiger partial charge in [-0.3, -0.25) is 9.59 Å². The highest BCUT2D eigenvalue weighted by atomic mass is 32.2. The van der Waals surface area contributed by atoms with Gasteiger partial charge in [0.25, 0.3) is 5.56 Å². The van der Waals surface area contributed by atoms with Gasteiger partial charge in [-0.05, 0) is 43.2 Å². The zero-order valence-corrected chi connectivity index (χ0v) is 16.6. The molecule has 1 heterocycles. The predicted octanol–water partition coefficient (Wildman–Crippen LogP) is 3.20. The van der Waals surface area contributed by atoms with Gasteiger partial charge in [0.1, 0.15) is 0 Å². The normalized spacial score (nSPS) is 11.5. The second-order valence-corrected chi connectivity index (χ2v) is 8.71. The first kappa shape index (κ1) is 19.8. The van der Waals surface area contributed by atoms with Crippen LogP contribution in [0.4, 0.5) is 5.69 Å². The molecule has 0 saturated heterocycles. The Hall–Kier alpha value is -2.93. The molecular formula is C21H22N2O4S. The zero-order valence-electron chi connectivity index (χ0n) is 15.8. The molecule has 0 aliphatic rings. The van der Waals surface area contributed by atoms with Crippen molar-refractivity contribution in [3.8, 4) is 0 Å². The maximum Gasteiger partial charge on any atom is 0.251 e. The van der Waals surface area contributed by atoms with Crippen LogP contribution < -0.4 is 10.9 Å². The minimum absolute atomic E-state index is 0.134. The van der Waals surface area contributed by atoms with Gasteiger partial charge in [-0.15, -0.1) is 0 Å². The van der Waals surface area contributed by atoms with Crippen molar-refractivity contribution >= 4 is 32.3 Å². The van der Waals surface area contributed by atoms with Crippen LogP contribution in [0.5, 0.6) is 0 Å². The number of aromatic nitrogens is 1. The Morgan fingerprint density at radius 3 is 2.50 bits per heavy atom. The number of benzene rings is 2. The van der Waals surface area contributed by atoms with Crippen LogP contribution in [0.25, 0.3) is 10.9 Å². The number of fused-ring (bicyclic) bond motifs is 1. The Kier molecular flexibility index (Phi) is 5.65. The zero-order chi connectivity index (χ0) is 20.3. The highest BCUT2D eigenvalue weighted by Gasteiger charge is 2.16. The van der Waals surface area contributed by atoms with E-state index < -0.39 is 15.7 Å². The molecule has 7 heteroatoms. The summed E-state index contributed by atoms with van der Waals surface area (Å²) in [4.78, 5) is 27.4. The molecular weight excluding hydrogens is 376 g/mol. The van der Waals surface area contributed by atoms with Crippen molar-refractivity contribution in [1.29, 1.82) is 0 Å². The van der Waals surface area contributed by atoms with Gasteiger partial charge < -0.3 is 10.3 Å². The van der Waals surface area contributed by atoms with Crippen LogP contribution in [0.1, 0.15) is 24.5 Å². The second kappa shape index (κ2) is 7.98. The maximum atomic E-state index is 12.3. The molecule has 28 heavy (non-hydrogen) atoms. The number of aryl methyl sites for hydroxylation is 1. The minimum Gasteiger partial charge on any atom is -0.326 e. The van der Waals surface area contributed by atoms with Crippen LogP contribution in [-0.4, -0.2) is 25.1 Å². The molecule has 3 rings (SSSR count). The van der Waals surface area contributed by atoms with E-state index in [4.69, 9.17) is 0 Å². The molecule has 0 fully saturated rings. The van der Waals surface area contributed by atoms with Gasteiger partial charge >= 0.3 is 0 Å². The Bertz CT molecular complexity index is 1180. The molecule has 0 spiro atoms. The molecule has 0 radical (unpaired) electrons. The highest BCUT2D eigenvalue weighted by Crippen LogP contribution is 2.22. The fourth-order valence-corrected chi connectivity index (χ4v) is 4.47. The van der Waals surface area contributed by atoms with E-state index in [2.05, 4.69) is 10.3 Å². The summed E-state index contributed by atoms with van der Waals surface area (Å²) in [7, 11) is -3.51. The predicted molar refractivity (Wildman–Crippen MR) is 110 cm³/mol. The molecule has 6 nitrogen and oxygen atoms in total. The molecule has 2 aromatic carbocycles. The Morgan fingerprint density at radius 1 is 1.11 bits per heavy atom. The molecule has 1 amide bonds. The lowest BCUT2D eigenvalue weighted by Crippen LogP contribution is -2.18. The van der Waals surface area contributed by atoms with E-state index in [1.54, 1.807) is 30.3 Å². The summed E-state index contributed by atoms with van der Waals surface area (Å²) >= 11 is 0. The first-order valence-corrected chi connectivity index (χ1v) is 10.7. The summed E-state index contributed by atoms with van der Waals surface area (Å²) < 4.78 is 24.6. The van der Waals surface area contributed by atoms with Gasteiger partial charge in [-0.1, -0.05) is 31.2 Å². The molecule has 0 aliphatic carbocycles. The van der Waals surface area contributed by atoms with Gasteiger partial charge in [0, 0.05) is 23.1 Å². The van der Waals surface area contributed by atoms with Crippen molar-refractivity contribution in [3.63, 3.8) is 0 Å². The van der Waals surface area contributed by atoms with Gasteiger partial charge in [0.2, 0.25) is 5.91 Å². The smallest absolute Gasteiger partial charge is 0.251 e. The molecule has 0 bridgehead atoms. The summed E-state index contributed by atoms with van der Waals surface area (Å²) in [6.07, 6.45) is 0.491. The molecule has 146 valence electrons. The van der Waals surface area contributed by atoms with Crippen LogP contribution in [-0.2, 0) is 21.1 Å². The standard InChI is InChI=1S/C21H22N2O4S/c1-3-17-14(2)18-10-9-15(13-19(18)23-21(17)25)22-20(24)11-12-28(26,27)16-7-5-4-6-8-16/h4-10,13H,3,11-12H2,1-2H3,(H,22,24)(H,23,25). The number of aromatic amines is 1. The average molecular weight is 398 g/mol. The fourth-order valence-electron chi connectivity index (χ4n) is 3.20. The van der Waals surface area contributed by atoms with E-state index in [0.29, 0.717) is 17.6 Å². The summed E-state index contributed by atoms with van der Waals surface area (Å²) in [5, 5.41) is 3.62. The van der Waals surface area contributed by atoms with E-state index in [1.807, 2.05) is 19.9 Å². The lowest BCUT2D eigenvalue weighted by atomic mass is 10.0. The highest BCUT2D eigenvalue weighted by molar-refractivity contribution is 7.91. The molecule has 1 aromatic heterocycles.